The van der Waals surface area contributed by atoms with Crippen molar-refractivity contribution < 1.29 is 19.0 Å². The molecule has 0 spiro atoms. The average Bonchev–Trinajstić information content (AvgIpc) is 2.96. The molecule has 116 valence electrons. The van der Waals surface area contributed by atoms with Gasteiger partial charge in [-0.1, -0.05) is 6.07 Å². The maximum Gasteiger partial charge on any atom is 0.363 e. The summed E-state index contributed by atoms with van der Waals surface area (Å²) < 4.78 is 15.7. The van der Waals surface area contributed by atoms with E-state index in [0.717, 1.165) is 5.56 Å². The molecule has 1 aromatic heterocycles. The molecule has 0 saturated heterocycles. The van der Waals surface area contributed by atoms with Crippen LogP contribution in [0.2, 0.25) is 0 Å². The number of methoxy groups -OCH3 is 2. The SMILES string of the molecule is COc1ccc(C2=NC(=Cc3cccnc3)C(=O)O2)cc1OC. The number of hydrogen-bond donors (Lipinski definition) is 0. The van der Waals surface area contributed by atoms with Gasteiger partial charge in [-0.25, -0.2) is 9.79 Å². The zero-order valence-electron chi connectivity index (χ0n) is 12.6. The van der Waals surface area contributed by atoms with Crippen molar-refractivity contribution in [3.8, 4) is 11.5 Å². The molecule has 0 atom stereocenters. The summed E-state index contributed by atoms with van der Waals surface area (Å²) >= 11 is 0. The summed E-state index contributed by atoms with van der Waals surface area (Å²) in [6, 6.07) is 8.80. The number of hydrogen-bond acceptors (Lipinski definition) is 6. The minimum atomic E-state index is -0.501. The maximum absolute atomic E-state index is 12.0. The van der Waals surface area contributed by atoms with Gasteiger partial charge >= 0.3 is 5.97 Å². The number of ether oxygens (including phenoxy) is 3. The van der Waals surface area contributed by atoms with Crippen LogP contribution in [0.3, 0.4) is 0 Å². The number of aliphatic imine (C=N–C) groups is 1. The molecule has 1 aliphatic rings. The molecule has 23 heavy (non-hydrogen) atoms. The third-order valence-electron chi connectivity index (χ3n) is 3.24. The normalized spacial score (nSPS) is 15.3. The molecule has 0 fully saturated rings. The Balaban J connectivity index is 1.94. The van der Waals surface area contributed by atoms with Crippen LogP contribution in [0.1, 0.15) is 11.1 Å². The van der Waals surface area contributed by atoms with Crippen LogP contribution in [0.25, 0.3) is 6.08 Å². The van der Waals surface area contributed by atoms with Crippen LogP contribution in [0.5, 0.6) is 11.5 Å². The van der Waals surface area contributed by atoms with Crippen LogP contribution in [0.15, 0.2) is 53.4 Å². The Kier molecular flexibility index (Phi) is 4.05. The van der Waals surface area contributed by atoms with E-state index in [1.54, 1.807) is 49.8 Å². The number of cyclic esters (lactones) is 1. The molecule has 6 heteroatoms. The summed E-state index contributed by atoms with van der Waals surface area (Å²) in [7, 11) is 3.09. The van der Waals surface area contributed by atoms with Gasteiger partial charge in [0, 0.05) is 18.0 Å². The van der Waals surface area contributed by atoms with Gasteiger partial charge in [0.25, 0.3) is 0 Å². The number of esters is 1. The van der Waals surface area contributed by atoms with Crippen LogP contribution >= 0.6 is 0 Å². The number of pyridine rings is 1. The molecule has 6 nitrogen and oxygen atoms in total. The van der Waals surface area contributed by atoms with E-state index in [9.17, 15) is 4.79 Å². The zero-order valence-corrected chi connectivity index (χ0v) is 12.6. The fourth-order valence-corrected chi connectivity index (χ4v) is 2.12. The highest BCUT2D eigenvalue weighted by molar-refractivity contribution is 6.13. The molecule has 0 saturated carbocycles. The first-order valence-electron chi connectivity index (χ1n) is 6.86. The van der Waals surface area contributed by atoms with Crippen molar-refractivity contribution in [2.75, 3.05) is 14.2 Å². The van der Waals surface area contributed by atoms with E-state index in [-0.39, 0.29) is 11.6 Å². The van der Waals surface area contributed by atoms with Gasteiger partial charge in [-0.3, -0.25) is 4.98 Å². The molecule has 1 aromatic carbocycles. The van der Waals surface area contributed by atoms with Gasteiger partial charge in [-0.2, -0.15) is 0 Å². The van der Waals surface area contributed by atoms with E-state index >= 15 is 0 Å². The van der Waals surface area contributed by atoms with E-state index in [1.165, 1.54) is 7.11 Å². The lowest BCUT2D eigenvalue weighted by Gasteiger charge is -2.08. The molecular formula is C17H14N2O4. The topological polar surface area (TPSA) is 70.0 Å². The van der Waals surface area contributed by atoms with Crippen molar-refractivity contribution >= 4 is 17.9 Å². The molecule has 0 aliphatic carbocycles. The summed E-state index contributed by atoms with van der Waals surface area (Å²) in [5.74, 6) is 0.852. The Morgan fingerprint density at radius 3 is 2.65 bits per heavy atom. The largest absolute Gasteiger partial charge is 0.493 e. The second-order valence-corrected chi connectivity index (χ2v) is 4.69. The Bertz CT molecular complexity index is 797. The summed E-state index contributed by atoms with van der Waals surface area (Å²) in [4.78, 5) is 20.2. The third-order valence-corrected chi connectivity index (χ3v) is 3.24. The molecule has 0 bridgehead atoms. The van der Waals surface area contributed by atoms with Gasteiger partial charge in [0.05, 0.1) is 14.2 Å². The average molecular weight is 310 g/mol. The predicted octanol–water partition coefficient (Wildman–Crippen LogP) is 2.44. The number of benzene rings is 1. The Morgan fingerprint density at radius 1 is 1.13 bits per heavy atom. The van der Waals surface area contributed by atoms with E-state index in [1.807, 2.05) is 6.07 Å². The number of carbonyl (C=O) groups excluding carboxylic acids is 1. The monoisotopic (exact) mass is 310 g/mol. The van der Waals surface area contributed by atoms with E-state index in [0.29, 0.717) is 17.1 Å². The molecule has 0 N–H and O–H groups in total. The van der Waals surface area contributed by atoms with Crippen LogP contribution < -0.4 is 9.47 Å². The number of nitrogens with zero attached hydrogens (tertiary/aromatic N) is 2. The highest BCUT2D eigenvalue weighted by Gasteiger charge is 2.25. The highest BCUT2D eigenvalue weighted by atomic mass is 16.6. The van der Waals surface area contributed by atoms with Crippen LogP contribution in [-0.4, -0.2) is 31.1 Å². The van der Waals surface area contributed by atoms with Crippen molar-refractivity contribution in [3.05, 3.63) is 59.5 Å². The molecule has 3 rings (SSSR count). The molecular weight excluding hydrogens is 296 g/mol. The van der Waals surface area contributed by atoms with Crippen molar-refractivity contribution in [1.29, 1.82) is 0 Å². The standard InChI is InChI=1S/C17H14N2O4/c1-21-14-6-5-12(9-15(14)22-2)16-19-13(17(20)23-16)8-11-4-3-7-18-10-11/h3-10H,1-2H3. The summed E-state index contributed by atoms with van der Waals surface area (Å²) in [5, 5.41) is 0. The molecule has 2 heterocycles. The predicted molar refractivity (Wildman–Crippen MR) is 84.4 cm³/mol. The lowest BCUT2D eigenvalue weighted by Crippen LogP contribution is -2.05. The highest BCUT2D eigenvalue weighted by Crippen LogP contribution is 2.29. The second-order valence-electron chi connectivity index (χ2n) is 4.69. The lowest BCUT2D eigenvalue weighted by molar-refractivity contribution is -0.129. The summed E-state index contributed by atoms with van der Waals surface area (Å²) in [5.41, 5.74) is 1.63. The fourth-order valence-electron chi connectivity index (χ4n) is 2.12. The van der Waals surface area contributed by atoms with Gasteiger partial charge in [0.15, 0.2) is 17.2 Å². The molecule has 0 radical (unpaired) electrons. The van der Waals surface area contributed by atoms with Gasteiger partial charge in [0.2, 0.25) is 5.90 Å². The Labute approximate surface area is 133 Å². The number of carbonyl (C=O) groups is 1. The minimum absolute atomic E-state index is 0.225. The van der Waals surface area contributed by atoms with Crippen LogP contribution in [0, 0.1) is 0 Å². The van der Waals surface area contributed by atoms with Gasteiger partial charge in [-0.05, 0) is 35.9 Å². The molecule has 0 amide bonds. The van der Waals surface area contributed by atoms with Crippen molar-refractivity contribution in [2.45, 2.75) is 0 Å². The smallest absolute Gasteiger partial charge is 0.363 e. The molecule has 0 unspecified atom stereocenters. The van der Waals surface area contributed by atoms with Gasteiger partial charge in [0.1, 0.15) is 0 Å². The first-order valence-corrected chi connectivity index (χ1v) is 6.86. The Morgan fingerprint density at radius 2 is 1.96 bits per heavy atom. The van der Waals surface area contributed by atoms with Crippen LogP contribution in [0.4, 0.5) is 0 Å². The van der Waals surface area contributed by atoms with Gasteiger partial charge < -0.3 is 14.2 Å². The minimum Gasteiger partial charge on any atom is -0.493 e. The third kappa shape index (κ3) is 3.06. The first kappa shape index (κ1) is 14.8. The fraction of sp³-hybridized carbons (Fsp3) is 0.118. The first-order chi connectivity index (χ1) is 11.2. The van der Waals surface area contributed by atoms with Crippen molar-refractivity contribution in [3.63, 3.8) is 0 Å². The number of aromatic nitrogens is 1. The van der Waals surface area contributed by atoms with Crippen molar-refractivity contribution in [1.82, 2.24) is 4.98 Å². The lowest BCUT2D eigenvalue weighted by atomic mass is 10.2. The maximum atomic E-state index is 12.0. The van der Waals surface area contributed by atoms with Crippen molar-refractivity contribution in [2.24, 2.45) is 4.99 Å². The number of rotatable bonds is 4. The summed E-state index contributed by atoms with van der Waals surface area (Å²) in [6.07, 6.45) is 4.93. The molecule has 2 aromatic rings. The van der Waals surface area contributed by atoms with E-state index in [4.69, 9.17) is 14.2 Å². The zero-order chi connectivity index (χ0) is 16.2. The second kappa shape index (κ2) is 6.31. The molecule has 1 aliphatic heterocycles. The van der Waals surface area contributed by atoms with Gasteiger partial charge in [-0.15, -0.1) is 0 Å². The van der Waals surface area contributed by atoms with E-state index in [2.05, 4.69) is 9.98 Å². The Hall–Kier alpha value is -3.15. The van der Waals surface area contributed by atoms with E-state index < -0.39 is 5.97 Å². The van der Waals surface area contributed by atoms with Crippen LogP contribution in [-0.2, 0) is 9.53 Å². The quantitative estimate of drug-likeness (QED) is 0.641. The summed E-state index contributed by atoms with van der Waals surface area (Å²) in [6.45, 7) is 0.